The maximum Gasteiger partial charge on any atom is 0.236 e. The molecule has 0 bridgehead atoms. The molecule has 0 saturated carbocycles. The van der Waals surface area contributed by atoms with Gasteiger partial charge in [0, 0.05) is 31.5 Å². The van der Waals surface area contributed by atoms with Crippen molar-refractivity contribution in [3.8, 4) is 5.88 Å². The van der Waals surface area contributed by atoms with Crippen LogP contribution in [0.15, 0.2) is 12.4 Å². The number of piperidine rings is 1. The highest BCUT2D eigenvalue weighted by Crippen LogP contribution is 2.10. The van der Waals surface area contributed by atoms with Crippen molar-refractivity contribution in [1.82, 2.24) is 20.6 Å². The molecule has 1 atom stereocenters. The molecule has 2 N–H and O–H groups in total. The summed E-state index contributed by atoms with van der Waals surface area (Å²) in [6.07, 6.45) is 7.22. The van der Waals surface area contributed by atoms with Crippen LogP contribution in [0.1, 0.15) is 25.0 Å². The van der Waals surface area contributed by atoms with Crippen LogP contribution in [0.25, 0.3) is 0 Å². The minimum atomic E-state index is 0.589. The molecule has 17 heavy (non-hydrogen) atoms. The zero-order chi connectivity index (χ0) is 11.9. The third kappa shape index (κ3) is 3.64. The summed E-state index contributed by atoms with van der Waals surface area (Å²) in [5.74, 6) is 0.608. The van der Waals surface area contributed by atoms with E-state index >= 15 is 0 Å². The summed E-state index contributed by atoms with van der Waals surface area (Å²) in [5, 5.41) is 6.91. The molecule has 94 valence electrons. The van der Waals surface area contributed by atoms with Crippen LogP contribution in [-0.2, 0) is 6.54 Å². The summed E-state index contributed by atoms with van der Waals surface area (Å²) < 4.78 is 5.16. The van der Waals surface area contributed by atoms with Crippen LogP contribution in [0.5, 0.6) is 5.88 Å². The highest BCUT2D eigenvalue weighted by atomic mass is 16.5. The highest BCUT2D eigenvalue weighted by Gasteiger charge is 2.12. The Morgan fingerprint density at radius 1 is 1.41 bits per heavy atom. The summed E-state index contributed by atoms with van der Waals surface area (Å²) in [6.45, 7) is 2.82. The first-order chi connectivity index (χ1) is 8.40. The normalized spacial score (nSPS) is 20.2. The molecule has 2 heterocycles. The van der Waals surface area contributed by atoms with Gasteiger partial charge in [0.05, 0.1) is 7.11 Å². The van der Waals surface area contributed by atoms with Gasteiger partial charge < -0.3 is 15.4 Å². The molecule has 5 nitrogen and oxygen atoms in total. The molecule has 1 unspecified atom stereocenters. The maximum atomic E-state index is 5.16. The molecule has 0 amide bonds. The largest absolute Gasteiger partial charge is 0.480 e. The molecular weight excluding hydrogens is 216 g/mol. The minimum Gasteiger partial charge on any atom is -0.480 e. The van der Waals surface area contributed by atoms with E-state index in [0.29, 0.717) is 18.5 Å². The predicted molar refractivity (Wildman–Crippen MR) is 65.9 cm³/mol. The van der Waals surface area contributed by atoms with Crippen molar-refractivity contribution in [3.63, 3.8) is 0 Å². The third-order valence-corrected chi connectivity index (χ3v) is 3.02. The summed E-state index contributed by atoms with van der Waals surface area (Å²) in [6, 6.07) is 0.589. The molecule has 1 aromatic heterocycles. The monoisotopic (exact) mass is 236 g/mol. The fraction of sp³-hybridized carbons (Fsp3) is 0.667. The number of rotatable bonds is 5. The van der Waals surface area contributed by atoms with Crippen molar-refractivity contribution in [1.29, 1.82) is 0 Å². The number of nitrogens with one attached hydrogen (secondary N) is 2. The smallest absolute Gasteiger partial charge is 0.236 e. The molecule has 0 spiro atoms. The van der Waals surface area contributed by atoms with Gasteiger partial charge in [-0.05, 0) is 19.4 Å². The summed E-state index contributed by atoms with van der Waals surface area (Å²) >= 11 is 0. The van der Waals surface area contributed by atoms with Crippen molar-refractivity contribution in [2.75, 3.05) is 20.2 Å². The first-order valence-electron chi connectivity index (χ1n) is 6.18. The van der Waals surface area contributed by atoms with Gasteiger partial charge in [-0.3, -0.25) is 4.98 Å². The number of hydrogen-bond donors (Lipinski definition) is 2. The van der Waals surface area contributed by atoms with Crippen molar-refractivity contribution in [2.24, 2.45) is 0 Å². The Labute approximate surface area is 102 Å². The number of hydrogen-bond acceptors (Lipinski definition) is 5. The third-order valence-electron chi connectivity index (χ3n) is 3.02. The van der Waals surface area contributed by atoms with Crippen LogP contribution < -0.4 is 15.4 Å². The van der Waals surface area contributed by atoms with E-state index in [9.17, 15) is 0 Å². The van der Waals surface area contributed by atoms with Gasteiger partial charge in [0.15, 0.2) is 0 Å². The zero-order valence-corrected chi connectivity index (χ0v) is 10.3. The van der Waals surface area contributed by atoms with Crippen molar-refractivity contribution in [2.45, 2.75) is 31.8 Å². The van der Waals surface area contributed by atoms with Gasteiger partial charge in [0.25, 0.3) is 0 Å². The second-order valence-electron chi connectivity index (χ2n) is 4.29. The van der Waals surface area contributed by atoms with E-state index in [0.717, 1.165) is 18.8 Å². The second-order valence-corrected chi connectivity index (χ2v) is 4.29. The number of methoxy groups -OCH3 is 1. The van der Waals surface area contributed by atoms with Gasteiger partial charge in [-0.25, -0.2) is 4.98 Å². The van der Waals surface area contributed by atoms with E-state index in [1.165, 1.54) is 19.3 Å². The minimum absolute atomic E-state index is 0.589. The number of nitrogens with zero attached hydrogens (tertiary/aromatic N) is 2. The number of ether oxygens (including phenoxy) is 1. The molecule has 1 aliphatic rings. The molecule has 2 rings (SSSR count). The van der Waals surface area contributed by atoms with Crippen LogP contribution in [0.2, 0.25) is 0 Å². The Morgan fingerprint density at radius 3 is 3.06 bits per heavy atom. The lowest BCUT2D eigenvalue weighted by Crippen LogP contribution is -2.41. The Balaban J connectivity index is 1.77. The second kappa shape index (κ2) is 6.51. The maximum absolute atomic E-state index is 5.16. The first kappa shape index (κ1) is 12.3. The Bertz CT molecular complexity index is 339. The van der Waals surface area contributed by atoms with Crippen molar-refractivity contribution < 1.29 is 4.74 Å². The van der Waals surface area contributed by atoms with Gasteiger partial charge in [-0.1, -0.05) is 6.42 Å². The van der Waals surface area contributed by atoms with Gasteiger partial charge in [0.1, 0.15) is 5.69 Å². The SMILES string of the molecule is COc1nccnc1CNCC1CCCCN1. The lowest BCUT2D eigenvalue weighted by atomic mass is 10.1. The Hall–Kier alpha value is -1.20. The van der Waals surface area contributed by atoms with Gasteiger partial charge in [0.2, 0.25) is 5.88 Å². The van der Waals surface area contributed by atoms with Gasteiger partial charge in [-0.2, -0.15) is 0 Å². The molecule has 1 saturated heterocycles. The van der Waals surface area contributed by atoms with Crippen LogP contribution in [0.3, 0.4) is 0 Å². The van der Waals surface area contributed by atoms with E-state index in [1.807, 2.05) is 0 Å². The Morgan fingerprint density at radius 2 is 2.29 bits per heavy atom. The standard InChI is InChI=1S/C12H20N4O/c1-17-12-11(15-6-7-16-12)9-13-8-10-4-2-3-5-14-10/h6-7,10,13-14H,2-5,8-9H2,1H3. The Kier molecular flexibility index (Phi) is 4.70. The van der Waals surface area contributed by atoms with E-state index in [1.54, 1.807) is 19.5 Å². The summed E-state index contributed by atoms with van der Waals surface area (Å²) in [5.41, 5.74) is 0.866. The molecule has 1 fully saturated rings. The average molecular weight is 236 g/mol. The van der Waals surface area contributed by atoms with Gasteiger partial charge in [-0.15, -0.1) is 0 Å². The summed E-state index contributed by atoms with van der Waals surface area (Å²) in [4.78, 5) is 8.38. The number of aromatic nitrogens is 2. The fourth-order valence-corrected chi connectivity index (χ4v) is 2.11. The lowest BCUT2D eigenvalue weighted by Gasteiger charge is -2.23. The molecule has 0 radical (unpaired) electrons. The predicted octanol–water partition coefficient (Wildman–Crippen LogP) is 0.717. The lowest BCUT2D eigenvalue weighted by molar-refractivity contribution is 0.371. The zero-order valence-electron chi connectivity index (χ0n) is 10.3. The van der Waals surface area contributed by atoms with Crippen LogP contribution in [0, 0.1) is 0 Å². The highest BCUT2D eigenvalue weighted by molar-refractivity contribution is 5.16. The molecule has 1 aromatic rings. The van der Waals surface area contributed by atoms with Gasteiger partial charge >= 0.3 is 0 Å². The van der Waals surface area contributed by atoms with Crippen molar-refractivity contribution >= 4 is 0 Å². The van der Waals surface area contributed by atoms with Crippen LogP contribution >= 0.6 is 0 Å². The molecule has 0 aromatic carbocycles. The molecule has 5 heteroatoms. The van der Waals surface area contributed by atoms with E-state index in [2.05, 4.69) is 20.6 Å². The average Bonchev–Trinajstić information content (AvgIpc) is 2.40. The quantitative estimate of drug-likeness (QED) is 0.789. The molecular formula is C12H20N4O. The van der Waals surface area contributed by atoms with E-state index in [4.69, 9.17) is 4.74 Å². The molecule has 1 aliphatic heterocycles. The summed E-state index contributed by atoms with van der Waals surface area (Å²) in [7, 11) is 1.62. The molecule has 0 aliphatic carbocycles. The van der Waals surface area contributed by atoms with Crippen molar-refractivity contribution in [3.05, 3.63) is 18.1 Å². The first-order valence-corrected chi connectivity index (χ1v) is 6.18. The van der Waals surface area contributed by atoms with E-state index < -0.39 is 0 Å². The van der Waals surface area contributed by atoms with Crippen LogP contribution in [0.4, 0.5) is 0 Å². The topological polar surface area (TPSA) is 59.1 Å². The van der Waals surface area contributed by atoms with E-state index in [-0.39, 0.29) is 0 Å². The van der Waals surface area contributed by atoms with Crippen LogP contribution in [-0.4, -0.2) is 36.2 Å². The fourth-order valence-electron chi connectivity index (χ4n) is 2.11.